The Morgan fingerprint density at radius 2 is 1.65 bits per heavy atom. The van der Waals surface area contributed by atoms with Gasteiger partial charge in [-0.05, 0) is 36.8 Å². The third-order valence-electron chi connectivity index (χ3n) is 4.94. The lowest BCUT2D eigenvalue weighted by atomic mass is 10.0. The minimum atomic E-state index is -0.363. The van der Waals surface area contributed by atoms with Gasteiger partial charge in [-0.3, -0.25) is 14.5 Å². The zero-order valence-electron chi connectivity index (χ0n) is 18.1. The molecular formula is C23H28N2O6. The third kappa shape index (κ3) is 5.15. The van der Waals surface area contributed by atoms with Crippen molar-refractivity contribution in [2.45, 2.75) is 13.5 Å². The van der Waals surface area contributed by atoms with Crippen molar-refractivity contribution in [1.82, 2.24) is 9.80 Å². The van der Waals surface area contributed by atoms with Crippen LogP contribution in [0.4, 0.5) is 0 Å². The second kappa shape index (κ2) is 10.8. The van der Waals surface area contributed by atoms with Crippen LogP contribution >= 0.6 is 0 Å². The number of hydrogen-bond acceptors (Lipinski definition) is 7. The molecule has 2 heterocycles. The van der Waals surface area contributed by atoms with E-state index in [9.17, 15) is 9.59 Å². The zero-order valence-corrected chi connectivity index (χ0v) is 18.1. The van der Waals surface area contributed by atoms with Gasteiger partial charge in [-0.15, -0.1) is 0 Å². The van der Waals surface area contributed by atoms with Crippen LogP contribution in [0.1, 0.15) is 18.2 Å². The van der Waals surface area contributed by atoms with Crippen molar-refractivity contribution in [3.8, 4) is 5.75 Å². The van der Waals surface area contributed by atoms with E-state index in [2.05, 4.69) is 0 Å². The molecule has 0 bridgehead atoms. The molecule has 0 unspecified atom stereocenters. The molecule has 8 heteroatoms. The predicted octanol–water partition coefficient (Wildman–Crippen LogP) is 2.55. The van der Waals surface area contributed by atoms with Gasteiger partial charge in [0.2, 0.25) is 0 Å². The number of furan rings is 1. The Kier molecular flexibility index (Phi) is 7.86. The third-order valence-corrected chi connectivity index (χ3v) is 4.94. The number of carbonyl (C=O) groups is 2. The van der Waals surface area contributed by atoms with Crippen LogP contribution in [-0.4, -0.2) is 68.7 Å². The highest BCUT2D eigenvalue weighted by Gasteiger charge is 2.41. The largest absolute Gasteiger partial charge is 0.494 e. The van der Waals surface area contributed by atoms with Gasteiger partial charge < -0.3 is 23.5 Å². The van der Waals surface area contributed by atoms with Gasteiger partial charge in [-0.25, -0.2) is 0 Å². The first-order chi connectivity index (χ1) is 15.1. The minimum absolute atomic E-state index is 0.0666. The molecule has 8 nitrogen and oxygen atoms in total. The summed E-state index contributed by atoms with van der Waals surface area (Å²) in [5.41, 5.74) is 1.35. The smallest absolute Gasteiger partial charge is 0.278 e. The van der Waals surface area contributed by atoms with Crippen LogP contribution in [0.15, 0.2) is 52.8 Å². The molecule has 0 spiro atoms. The Hall–Kier alpha value is -3.10. The molecule has 0 aliphatic carbocycles. The van der Waals surface area contributed by atoms with Gasteiger partial charge in [0.1, 0.15) is 17.2 Å². The Balaban J connectivity index is 2.01. The highest BCUT2D eigenvalue weighted by atomic mass is 16.5. The van der Waals surface area contributed by atoms with Crippen LogP contribution in [0.2, 0.25) is 0 Å². The number of benzene rings is 1. The number of hydrogen-bond donors (Lipinski definition) is 0. The Bertz CT molecular complexity index is 897. The fourth-order valence-corrected chi connectivity index (χ4v) is 3.44. The zero-order chi connectivity index (χ0) is 22.2. The number of methoxy groups -OCH3 is 2. The highest BCUT2D eigenvalue weighted by Crippen LogP contribution is 2.33. The van der Waals surface area contributed by atoms with E-state index in [1.54, 1.807) is 50.6 Å². The van der Waals surface area contributed by atoms with Crippen LogP contribution in [0.3, 0.4) is 0 Å². The van der Waals surface area contributed by atoms with E-state index in [4.69, 9.17) is 18.6 Å². The normalized spacial score (nSPS) is 14.0. The van der Waals surface area contributed by atoms with E-state index in [-0.39, 0.29) is 18.4 Å². The molecule has 0 fully saturated rings. The van der Waals surface area contributed by atoms with Gasteiger partial charge in [0.05, 0.1) is 38.2 Å². The number of imide groups is 1. The van der Waals surface area contributed by atoms with E-state index in [1.807, 2.05) is 11.8 Å². The lowest BCUT2D eigenvalue weighted by Crippen LogP contribution is -2.37. The summed E-state index contributed by atoms with van der Waals surface area (Å²) >= 11 is 0. The molecule has 2 amide bonds. The van der Waals surface area contributed by atoms with Crippen LogP contribution in [0.25, 0.3) is 5.57 Å². The number of rotatable bonds is 12. The Morgan fingerprint density at radius 1 is 0.968 bits per heavy atom. The average Bonchev–Trinajstić information content (AvgIpc) is 3.37. The summed E-state index contributed by atoms with van der Waals surface area (Å²) in [7, 11) is 3.20. The molecule has 0 saturated heterocycles. The molecule has 3 rings (SSSR count). The summed E-state index contributed by atoms with van der Waals surface area (Å²) in [5.74, 6) is 0.514. The van der Waals surface area contributed by atoms with Crippen molar-refractivity contribution < 1.29 is 28.2 Å². The standard InChI is InChI=1S/C23H28N2O6/c1-4-30-18-9-7-17(8-10-18)20-21(24(11-14-28-2)12-15-29-3)23(27)25(22(20)26)16-19-6-5-13-31-19/h5-10,13H,4,11-12,14-16H2,1-3H3. The Morgan fingerprint density at radius 3 is 2.19 bits per heavy atom. The summed E-state index contributed by atoms with van der Waals surface area (Å²) in [6, 6.07) is 10.7. The summed E-state index contributed by atoms with van der Waals surface area (Å²) in [5, 5.41) is 0. The van der Waals surface area contributed by atoms with Gasteiger partial charge in [-0.1, -0.05) is 12.1 Å². The first-order valence-electron chi connectivity index (χ1n) is 10.2. The molecule has 0 radical (unpaired) electrons. The van der Waals surface area contributed by atoms with E-state index in [1.165, 1.54) is 11.2 Å². The van der Waals surface area contributed by atoms with Gasteiger partial charge in [0.25, 0.3) is 11.8 Å². The Labute approximate surface area is 182 Å². The molecule has 2 aromatic rings. The number of nitrogens with zero attached hydrogens (tertiary/aromatic N) is 2. The van der Waals surface area contributed by atoms with Gasteiger partial charge in [0, 0.05) is 27.3 Å². The second-order valence-corrected chi connectivity index (χ2v) is 6.93. The first kappa shape index (κ1) is 22.6. The number of amides is 2. The molecule has 1 aliphatic heterocycles. The van der Waals surface area contributed by atoms with Gasteiger partial charge in [-0.2, -0.15) is 0 Å². The predicted molar refractivity (Wildman–Crippen MR) is 114 cm³/mol. The maximum absolute atomic E-state index is 13.4. The second-order valence-electron chi connectivity index (χ2n) is 6.93. The summed E-state index contributed by atoms with van der Waals surface area (Å²) in [6.45, 7) is 4.23. The maximum Gasteiger partial charge on any atom is 0.278 e. The molecule has 0 saturated carbocycles. The van der Waals surface area contributed by atoms with Gasteiger partial charge in [0.15, 0.2) is 0 Å². The van der Waals surface area contributed by atoms with E-state index < -0.39 is 0 Å². The summed E-state index contributed by atoms with van der Waals surface area (Å²) in [6.07, 6.45) is 1.52. The van der Waals surface area contributed by atoms with E-state index in [0.717, 1.165) is 0 Å². The molecule has 1 aromatic carbocycles. The van der Waals surface area contributed by atoms with E-state index in [0.29, 0.717) is 61.3 Å². The molecule has 1 aromatic heterocycles. The maximum atomic E-state index is 13.4. The quantitative estimate of drug-likeness (QED) is 0.481. The average molecular weight is 428 g/mol. The van der Waals surface area contributed by atoms with Gasteiger partial charge >= 0.3 is 0 Å². The monoisotopic (exact) mass is 428 g/mol. The molecule has 31 heavy (non-hydrogen) atoms. The van der Waals surface area contributed by atoms with Crippen LogP contribution < -0.4 is 4.74 Å². The summed E-state index contributed by atoms with van der Waals surface area (Å²) < 4.78 is 21.3. The first-order valence-corrected chi connectivity index (χ1v) is 10.2. The van der Waals surface area contributed by atoms with Crippen LogP contribution in [-0.2, 0) is 25.6 Å². The van der Waals surface area contributed by atoms with Crippen molar-refractivity contribution in [1.29, 1.82) is 0 Å². The fraction of sp³-hybridized carbons (Fsp3) is 0.391. The van der Waals surface area contributed by atoms with Crippen molar-refractivity contribution in [3.63, 3.8) is 0 Å². The molecule has 0 atom stereocenters. The molecular weight excluding hydrogens is 400 g/mol. The van der Waals surface area contributed by atoms with Crippen molar-refractivity contribution in [3.05, 3.63) is 59.7 Å². The lowest BCUT2D eigenvalue weighted by molar-refractivity contribution is -0.138. The van der Waals surface area contributed by atoms with E-state index >= 15 is 0 Å². The van der Waals surface area contributed by atoms with Crippen molar-refractivity contribution >= 4 is 17.4 Å². The van der Waals surface area contributed by atoms with Crippen LogP contribution in [0, 0.1) is 0 Å². The summed E-state index contributed by atoms with van der Waals surface area (Å²) in [4.78, 5) is 29.9. The topological polar surface area (TPSA) is 81.4 Å². The SMILES string of the molecule is CCOc1ccc(C2=C(N(CCOC)CCOC)C(=O)N(Cc3ccco3)C2=O)cc1. The van der Waals surface area contributed by atoms with Crippen molar-refractivity contribution in [2.24, 2.45) is 0 Å². The van der Waals surface area contributed by atoms with Crippen molar-refractivity contribution in [2.75, 3.05) is 47.1 Å². The molecule has 1 aliphatic rings. The number of ether oxygens (including phenoxy) is 3. The van der Waals surface area contributed by atoms with Crippen LogP contribution in [0.5, 0.6) is 5.75 Å². The lowest BCUT2D eigenvalue weighted by Gasteiger charge is -2.25. The molecule has 166 valence electrons. The minimum Gasteiger partial charge on any atom is -0.494 e. The fourth-order valence-electron chi connectivity index (χ4n) is 3.44. The molecule has 0 N–H and O–H groups in total. The highest BCUT2D eigenvalue weighted by molar-refractivity contribution is 6.35. The number of carbonyl (C=O) groups excluding carboxylic acids is 2.